The molecule has 2 amide bonds. The third kappa shape index (κ3) is 3.70. The zero-order valence-electron chi connectivity index (χ0n) is 11.3. The van der Waals surface area contributed by atoms with Gasteiger partial charge in [0.25, 0.3) is 0 Å². The van der Waals surface area contributed by atoms with Crippen molar-refractivity contribution in [2.24, 2.45) is 0 Å². The van der Waals surface area contributed by atoms with Crippen LogP contribution in [0.3, 0.4) is 0 Å². The van der Waals surface area contributed by atoms with Crippen molar-refractivity contribution in [1.82, 2.24) is 15.1 Å². The second kappa shape index (κ2) is 6.56. The van der Waals surface area contributed by atoms with Crippen molar-refractivity contribution >= 4 is 11.8 Å². The van der Waals surface area contributed by atoms with Gasteiger partial charge in [0.15, 0.2) is 0 Å². The van der Waals surface area contributed by atoms with Crippen LogP contribution in [0.5, 0.6) is 0 Å². The predicted octanol–water partition coefficient (Wildman–Crippen LogP) is 1.72. The molecule has 0 saturated heterocycles. The molecular weight excluding hydrogens is 244 g/mol. The summed E-state index contributed by atoms with van der Waals surface area (Å²) in [5, 5.41) is 19.6. The summed E-state index contributed by atoms with van der Waals surface area (Å²) in [5.41, 5.74) is 0. The molecule has 1 aliphatic rings. The van der Waals surface area contributed by atoms with Crippen molar-refractivity contribution in [1.29, 1.82) is 0 Å². The number of urea groups is 1. The van der Waals surface area contributed by atoms with E-state index in [2.05, 4.69) is 22.7 Å². The minimum absolute atomic E-state index is 0.142. The zero-order chi connectivity index (χ0) is 13.7. The molecule has 1 saturated carbocycles. The topological polar surface area (TPSA) is 79.2 Å². The lowest BCUT2D eigenvalue weighted by Crippen LogP contribution is -2.46. The summed E-state index contributed by atoms with van der Waals surface area (Å²) in [6.07, 6.45) is 5.88. The van der Waals surface area contributed by atoms with Gasteiger partial charge >= 0.3 is 6.03 Å². The smallest absolute Gasteiger partial charge is 0.320 e. The summed E-state index contributed by atoms with van der Waals surface area (Å²) >= 11 is 0. The fraction of sp³-hybridized carbons (Fsp3) is 0.692. The molecule has 1 fully saturated rings. The van der Waals surface area contributed by atoms with E-state index in [-0.39, 0.29) is 12.1 Å². The van der Waals surface area contributed by atoms with E-state index in [0.29, 0.717) is 5.82 Å². The van der Waals surface area contributed by atoms with Gasteiger partial charge in [-0.2, -0.15) is 5.10 Å². The van der Waals surface area contributed by atoms with Crippen molar-refractivity contribution in [2.45, 2.75) is 57.7 Å². The normalized spacial score (nSPS) is 23.1. The number of rotatable bonds is 4. The third-order valence-corrected chi connectivity index (χ3v) is 3.44. The standard InChI is InChI=1S/C13H22N4O2/c1-2-9-17-12(7-8-14-17)16-13(19)15-10-5-3-4-6-11(10)18/h7-8,10-11,18H,2-6,9H2,1H3,(H2,15,16,19). The fourth-order valence-corrected chi connectivity index (χ4v) is 2.43. The molecule has 0 aromatic carbocycles. The number of aromatic nitrogens is 2. The number of anilines is 1. The number of nitrogens with zero attached hydrogens (tertiary/aromatic N) is 2. The van der Waals surface area contributed by atoms with Crippen molar-refractivity contribution in [2.75, 3.05) is 5.32 Å². The molecule has 2 atom stereocenters. The van der Waals surface area contributed by atoms with Crippen molar-refractivity contribution in [3.05, 3.63) is 12.3 Å². The number of carbonyl (C=O) groups is 1. The van der Waals surface area contributed by atoms with Gasteiger partial charge in [-0.3, -0.25) is 5.32 Å². The highest BCUT2D eigenvalue weighted by molar-refractivity contribution is 5.88. The van der Waals surface area contributed by atoms with E-state index < -0.39 is 6.10 Å². The number of nitrogens with one attached hydrogen (secondary N) is 2. The highest BCUT2D eigenvalue weighted by atomic mass is 16.3. The molecule has 2 unspecified atom stereocenters. The van der Waals surface area contributed by atoms with Crippen LogP contribution in [0.2, 0.25) is 0 Å². The molecule has 1 aromatic heterocycles. The first kappa shape index (κ1) is 13.9. The lowest BCUT2D eigenvalue weighted by molar-refractivity contribution is 0.0955. The van der Waals surface area contributed by atoms with E-state index in [4.69, 9.17) is 0 Å². The number of aryl methyl sites for hydroxylation is 1. The molecule has 0 aliphatic heterocycles. The van der Waals surface area contributed by atoms with Gasteiger partial charge in [-0.15, -0.1) is 0 Å². The summed E-state index contributed by atoms with van der Waals surface area (Å²) < 4.78 is 1.76. The van der Waals surface area contributed by atoms with Crippen LogP contribution in [0.15, 0.2) is 12.3 Å². The minimum Gasteiger partial charge on any atom is -0.391 e. The van der Waals surface area contributed by atoms with E-state index in [1.807, 2.05) is 0 Å². The highest BCUT2D eigenvalue weighted by Crippen LogP contribution is 2.18. The van der Waals surface area contributed by atoms with Crippen molar-refractivity contribution in [3.8, 4) is 0 Å². The highest BCUT2D eigenvalue weighted by Gasteiger charge is 2.24. The van der Waals surface area contributed by atoms with Crippen LogP contribution in [0.4, 0.5) is 10.6 Å². The predicted molar refractivity (Wildman–Crippen MR) is 72.9 cm³/mol. The third-order valence-electron chi connectivity index (χ3n) is 3.44. The second-order valence-corrected chi connectivity index (χ2v) is 5.00. The first-order chi connectivity index (χ1) is 9.20. The number of hydrogen-bond acceptors (Lipinski definition) is 3. The molecule has 0 spiro atoms. The second-order valence-electron chi connectivity index (χ2n) is 5.00. The average Bonchev–Trinajstić information content (AvgIpc) is 2.80. The molecule has 3 N–H and O–H groups in total. The van der Waals surface area contributed by atoms with Crippen LogP contribution in [0.1, 0.15) is 39.0 Å². The van der Waals surface area contributed by atoms with E-state index in [1.165, 1.54) is 0 Å². The summed E-state index contributed by atoms with van der Waals surface area (Å²) in [7, 11) is 0. The first-order valence-corrected chi connectivity index (χ1v) is 6.98. The summed E-state index contributed by atoms with van der Waals surface area (Å²) in [6.45, 7) is 2.83. The Balaban J connectivity index is 1.88. The van der Waals surface area contributed by atoms with E-state index in [9.17, 15) is 9.90 Å². The molecule has 0 radical (unpaired) electrons. The Morgan fingerprint density at radius 1 is 1.53 bits per heavy atom. The van der Waals surface area contributed by atoms with Gasteiger partial charge in [0, 0.05) is 12.6 Å². The molecule has 19 heavy (non-hydrogen) atoms. The van der Waals surface area contributed by atoms with Gasteiger partial charge in [0.2, 0.25) is 0 Å². The molecule has 6 nitrogen and oxygen atoms in total. The fourth-order valence-electron chi connectivity index (χ4n) is 2.43. The molecule has 0 bridgehead atoms. The Hall–Kier alpha value is -1.56. The van der Waals surface area contributed by atoms with Gasteiger partial charge in [0.05, 0.1) is 18.3 Å². The van der Waals surface area contributed by atoms with Crippen LogP contribution in [-0.4, -0.2) is 33.1 Å². The lowest BCUT2D eigenvalue weighted by atomic mass is 9.93. The maximum Gasteiger partial charge on any atom is 0.320 e. The van der Waals surface area contributed by atoms with Crippen LogP contribution in [0.25, 0.3) is 0 Å². The SMILES string of the molecule is CCCn1nccc1NC(=O)NC1CCCCC1O. The molecule has 6 heteroatoms. The van der Waals surface area contributed by atoms with Gasteiger partial charge in [-0.25, -0.2) is 9.48 Å². The van der Waals surface area contributed by atoms with E-state index >= 15 is 0 Å². The Kier molecular flexibility index (Phi) is 4.79. The number of amides is 2. The molecule has 1 aliphatic carbocycles. The van der Waals surface area contributed by atoms with Crippen LogP contribution in [-0.2, 0) is 6.54 Å². The Morgan fingerprint density at radius 2 is 2.32 bits per heavy atom. The minimum atomic E-state index is -0.431. The Morgan fingerprint density at radius 3 is 3.05 bits per heavy atom. The molecule has 2 rings (SSSR count). The summed E-state index contributed by atoms with van der Waals surface area (Å²) in [6, 6.07) is 1.35. The average molecular weight is 266 g/mol. The largest absolute Gasteiger partial charge is 0.391 e. The number of aliphatic hydroxyl groups excluding tert-OH is 1. The molecule has 1 aromatic rings. The maximum absolute atomic E-state index is 11.9. The van der Waals surface area contributed by atoms with E-state index in [0.717, 1.165) is 38.6 Å². The Bertz CT molecular complexity index is 419. The zero-order valence-corrected chi connectivity index (χ0v) is 11.3. The number of aliphatic hydroxyl groups is 1. The van der Waals surface area contributed by atoms with Gasteiger partial charge in [0.1, 0.15) is 5.82 Å². The monoisotopic (exact) mass is 266 g/mol. The quantitative estimate of drug-likeness (QED) is 0.776. The van der Waals surface area contributed by atoms with Crippen molar-refractivity contribution < 1.29 is 9.90 Å². The summed E-state index contributed by atoms with van der Waals surface area (Å²) in [4.78, 5) is 11.9. The van der Waals surface area contributed by atoms with Crippen molar-refractivity contribution in [3.63, 3.8) is 0 Å². The number of carbonyl (C=O) groups excluding carboxylic acids is 1. The van der Waals surface area contributed by atoms with Crippen LogP contribution >= 0.6 is 0 Å². The van der Waals surface area contributed by atoms with Crippen LogP contribution < -0.4 is 10.6 Å². The maximum atomic E-state index is 11.9. The number of hydrogen-bond donors (Lipinski definition) is 3. The van der Waals surface area contributed by atoms with Gasteiger partial charge in [-0.1, -0.05) is 19.8 Å². The van der Waals surface area contributed by atoms with Gasteiger partial charge in [-0.05, 0) is 19.3 Å². The Labute approximate surface area is 113 Å². The van der Waals surface area contributed by atoms with Gasteiger partial charge < -0.3 is 10.4 Å². The van der Waals surface area contributed by atoms with Crippen LogP contribution in [0, 0.1) is 0 Å². The van der Waals surface area contributed by atoms with E-state index in [1.54, 1.807) is 16.9 Å². The summed E-state index contributed by atoms with van der Waals surface area (Å²) in [5.74, 6) is 0.685. The molecule has 106 valence electrons. The first-order valence-electron chi connectivity index (χ1n) is 6.98. The molecular formula is C13H22N4O2. The lowest BCUT2D eigenvalue weighted by Gasteiger charge is -2.28. The molecule has 1 heterocycles.